The van der Waals surface area contributed by atoms with Crippen LogP contribution in [0.3, 0.4) is 0 Å². The molecule has 2 N–H and O–H groups in total. The highest BCUT2D eigenvalue weighted by Crippen LogP contribution is 2.35. The SMILES string of the molecule is CCN(C1CC1)S(=O)(=O)c1c(C)oc(C)c1CN. The Kier molecular flexibility index (Phi) is 3.53. The monoisotopic (exact) mass is 272 g/mol. The predicted octanol–water partition coefficient (Wildman–Crippen LogP) is 1.53. The molecule has 1 aromatic rings. The lowest BCUT2D eigenvalue weighted by Crippen LogP contribution is -2.33. The third-order valence-electron chi connectivity index (χ3n) is 3.36. The van der Waals surface area contributed by atoms with Gasteiger partial charge in [0, 0.05) is 24.7 Å². The van der Waals surface area contributed by atoms with Crippen molar-refractivity contribution in [3.05, 3.63) is 17.1 Å². The second-order valence-corrected chi connectivity index (χ2v) is 6.49. The Morgan fingerprint density at radius 1 is 1.33 bits per heavy atom. The summed E-state index contributed by atoms with van der Waals surface area (Å²) in [6.45, 7) is 5.96. The molecule has 18 heavy (non-hydrogen) atoms. The van der Waals surface area contributed by atoms with Crippen molar-refractivity contribution < 1.29 is 12.8 Å². The summed E-state index contributed by atoms with van der Waals surface area (Å²) in [4.78, 5) is 0.274. The van der Waals surface area contributed by atoms with Crippen molar-refractivity contribution in [2.24, 2.45) is 5.73 Å². The minimum Gasteiger partial charge on any atom is -0.465 e. The maximum Gasteiger partial charge on any atom is 0.247 e. The number of nitrogens with two attached hydrogens (primary N) is 1. The highest BCUT2D eigenvalue weighted by molar-refractivity contribution is 7.89. The maximum absolute atomic E-state index is 12.7. The highest BCUT2D eigenvalue weighted by atomic mass is 32.2. The highest BCUT2D eigenvalue weighted by Gasteiger charge is 2.39. The van der Waals surface area contributed by atoms with E-state index in [-0.39, 0.29) is 17.5 Å². The van der Waals surface area contributed by atoms with Gasteiger partial charge in [0.05, 0.1) is 0 Å². The summed E-state index contributed by atoms with van der Waals surface area (Å²) in [6, 6.07) is 0.153. The molecule has 1 aliphatic carbocycles. The van der Waals surface area contributed by atoms with Crippen LogP contribution < -0.4 is 5.73 Å². The van der Waals surface area contributed by atoms with Crippen molar-refractivity contribution in [2.75, 3.05) is 6.54 Å². The molecular weight excluding hydrogens is 252 g/mol. The summed E-state index contributed by atoms with van der Waals surface area (Å²) in [7, 11) is -3.48. The number of hydrogen-bond acceptors (Lipinski definition) is 4. The van der Waals surface area contributed by atoms with Crippen LogP contribution >= 0.6 is 0 Å². The van der Waals surface area contributed by atoms with E-state index in [1.54, 1.807) is 18.2 Å². The molecule has 1 heterocycles. The third kappa shape index (κ3) is 2.08. The molecule has 102 valence electrons. The third-order valence-corrected chi connectivity index (χ3v) is 5.59. The lowest BCUT2D eigenvalue weighted by atomic mass is 10.2. The Labute approximate surface area is 108 Å². The van der Waals surface area contributed by atoms with Crippen LogP contribution in [-0.4, -0.2) is 25.3 Å². The van der Waals surface area contributed by atoms with Gasteiger partial charge in [-0.3, -0.25) is 0 Å². The molecule has 6 heteroatoms. The summed E-state index contributed by atoms with van der Waals surface area (Å²) < 4.78 is 32.3. The summed E-state index contributed by atoms with van der Waals surface area (Å²) >= 11 is 0. The molecule has 1 saturated carbocycles. The van der Waals surface area contributed by atoms with E-state index in [1.165, 1.54) is 0 Å². The zero-order chi connectivity index (χ0) is 13.5. The molecule has 0 unspecified atom stereocenters. The van der Waals surface area contributed by atoms with E-state index < -0.39 is 10.0 Å². The second kappa shape index (κ2) is 4.68. The van der Waals surface area contributed by atoms with Gasteiger partial charge in [0.15, 0.2) is 0 Å². The van der Waals surface area contributed by atoms with Crippen LogP contribution in [-0.2, 0) is 16.6 Å². The van der Waals surface area contributed by atoms with Crippen molar-refractivity contribution in [1.82, 2.24) is 4.31 Å². The fourth-order valence-corrected chi connectivity index (χ4v) is 4.51. The summed E-state index contributed by atoms with van der Waals surface area (Å²) in [5.41, 5.74) is 6.26. The number of hydrogen-bond donors (Lipinski definition) is 1. The number of sulfonamides is 1. The van der Waals surface area contributed by atoms with Gasteiger partial charge in [0.1, 0.15) is 16.4 Å². The van der Waals surface area contributed by atoms with Crippen molar-refractivity contribution in [1.29, 1.82) is 0 Å². The largest absolute Gasteiger partial charge is 0.465 e. The summed E-state index contributed by atoms with van der Waals surface area (Å²) in [6.07, 6.45) is 1.89. The number of furan rings is 1. The first-order valence-electron chi connectivity index (χ1n) is 6.24. The zero-order valence-corrected chi connectivity index (χ0v) is 11.9. The average Bonchev–Trinajstić information content (AvgIpc) is 3.04. The molecule has 0 saturated heterocycles. The first-order chi connectivity index (χ1) is 8.43. The molecule has 5 nitrogen and oxygen atoms in total. The Bertz CT molecular complexity index is 544. The predicted molar refractivity (Wildman–Crippen MR) is 68.7 cm³/mol. The smallest absolute Gasteiger partial charge is 0.247 e. The molecule has 0 bridgehead atoms. The van der Waals surface area contributed by atoms with E-state index in [4.69, 9.17) is 10.2 Å². The quantitative estimate of drug-likeness (QED) is 0.882. The molecule has 0 atom stereocenters. The summed E-state index contributed by atoms with van der Waals surface area (Å²) in [5, 5.41) is 0. The lowest BCUT2D eigenvalue weighted by Gasteiger charge is -2.20. The van der Waals surface area contributed by atoms with E-state index in [1.807, 2.05) is 6.92 Å². The van der Waals surface area contributed by atoms with Crippen molar-refractivity contribution in [2.45, 2.75) is 51.1 Å². The average molecular weight is 272 g/mol. The second-order valence-electron chi connectivity index (χ2n) is 4.67. The van der Waals surface area contributed by atoms with Crippen molar-refractivity contribution in [3.63, 3.8) is 0 Å². The van der Waals surface area contributed by atoms with E-state index in [9.17, 15) is 8.42 Å². The molecule has 0 aliphatic heterocycles. The van der Waals surface area contributed by atoms with Crippen molar-refractivity contribution >= 4 is 10.0 Å². The van der Waals surface area contributed by atoms with Crippen LogP contribution in [0.25, 0.3) is 0 Å². The maximum atomic E-state index is 12.7. The van der Waals surface area contributed by atoms with Crippen molar-refractivity contribution in [3.8, 4) is 0 Å². The first-order valence-corrected chi connectivity index (χ1v) is 7.68. The van der Waals surface area contributed by atoms with Crippen LogP contribution in [0, 0.1) is 13.8 Å². The Morgan fingerprint density at radius 3 is 2.39 bits per heavy atom. The molecule has 1 fully saturated rings. The molecular formula is C12H20N2O3S. The van der Waals surface area contributed by atoms with Gasteiger partial charge in [0.2, 0.25) is 10.0 Å². The minimum atomic E-state index is -3.48. The Balaban J connectivity index is 2.52. The fourth-order valence-electron chi connectivity index (χ4n) is 2.39. The summed E-state index contributed by atoms with van der Waals surface area (Å²) in [5.74, 6) is 1.03. The first kappa shape index (κ1) is 13.6. The zero-order valence-electron chi connectivity index (χ0n) is 11.1. The van der Waals surface area contributed by atoms with Gasteiger partial charge in [-0.05, 0) is 26.7 Å². The number of nitrogens with zero attached hydrogens (tertiary/aromatic N) is 1. The van der Waals surface area contributed by atoms with Crippen LogP contribution in [0.1, 0.15) is 36.8 Å². The van der Waals surface area contributed by atoms with Gasteiger partial charge in [-0.15, -0.1) is 0 Å². The Hall–Kier alpha value is -0.850. The van der Waals surface area contributed by atoms with Crippen LogP contribution in [0.4, 0.5) is 0 Å². The number of rotatable bonds is 5. The van der Waals surface area contributed by atoms with Crippen LogP contribution in [0.2, 0.25) is 0 Å². The fraction of sp³-hybridized carbons (Fsp3) is 0.667. The van der Waals surface area contributed by atoms with E-state index in [0.29, 0.717) is 23.6 Å². The van der Waals surface area contributed by atoms with Gasteiger partial charge in [-0.2, -0.15) is 4.31 Å². The molecule has 1 aliphatic rings. The minimum absolute atomic E-state index is 0.153. The van der Waals surface area contributed by atoms with Gasteiger partial charge < -0.3 is 10.2 Å². The molecule has 2 rings (SSSR count). The Morgan fingerprint density at radius 2 is 1.94 bits per heavy atom. The molecule has 0 radical (unpaired) electrons. The molecule has 0 spiro atoms. The molecule has 0 amide bonds. The van der Waals surface area contributed by atoms with E-state index >= 15 is 0 Å². The van der Waals surface area contributed by atoms with Crippen LogP contribution in [0.5, 0.6) is 0 Å². The molecule has 0 aromatic carbocycles. The van der Waals surface area contributed by atoms with Crippen LogP contribution in [0.15, 0.2) is 9.31 Å². The lowest BCUT2D eigenvalue weighted by molar-refractivity contribution is 0.418. The molecule has 1 aromatic heterocycles. The standard InChI is InChI=1S/C12H20N2O3S/c1-4-14(10-5-6-10)18(15,16)12-9(3)17-8(2)11(12)7-13/h10H,4-7,13H2,1-3H3. The number of aryl methyl sites for hydroxylation is 2. The normalized spacial score (nSPS) is 16.5. The topological polar surface area (TPSA) is 76.5 Å². The van der Waals surface area contributed by atoms with Gasteiger partial charge in [0.25, 0.3) is 0 Å². The van der Waals surface area contributed by atoms with E-state index in [2.05, 4.69) is 0 Å². The van der Waals surface area contributed by atoms with Gasteiger partial charge in [-0.1, -0.05) is 6.92 Å². The van der Waals surface area contributed by atoms with E-state index in [0.717, 1.165) is 12.8 Å². The van der Waals surface area contributed by atoms with Gasteiger partial charge in [-0.25, -0.2) is 8.42 Å². The van der Waals surface area contributed by atoms with Gasteiger partial charge >= 0.3 is 0 Å².